The topological polar surface area (TPSA) is 81.8 Å². The first kappa shape index (κ1) is 16.0. The SMILES string of the molecule is NC(=O)C1=C[C@@H](C2CCC2)C[C@@H](OCc2ccc(CO)cc2)O1. The van der Waals surface area contributed by atoms with Crippen LogP contribution in [0.5, 0.6) is 0 Å². The number of rotatable bonds is 6. The molecule has 5 nitrogen and oxygen atoms in total. The fourth-order valence-electron chi connectivity index (χ4n) is 3.08. The van der Waals surface area contributed by atoms with Crippen LogP contribution in [0.3, 0.4) is 0 Å². The zero-order chi connectivity index (χ0) is 16.2. The summed E-state index contributed by atoms with van der Waals surface area (Å²) in [6, 6.07) is 7.57. The van der Waals surface area contributed by atoms with Crippen LogP contribution >= 0.6 is 0 Å². The zero-order valence-corrected chi connectivity index (χ0v) is 13.1. The molecule has 1 heterocycles. The maximum atomic E-state index is 11.5. The largest absolute Gasteiger partial charge is 0.459 e. The Balaban J connectivity index is 1.60. The van der Waals surface area contributed by atoms with Crippen molar-refractivity contribution in [3.05, 3.63) is 47.2 Å². The number of carbonyl (C=O) groups excluding carboxylic acids is 1. The highest BCUT2D eigenvalue weighted by Gasteiger charge is 2.34. The second-order valence-electron chi connectivity index (χ2n) is 6.32. The van der Waals surface area contributed by atoms with Gasteiger partial charge >= 0.3 is 0 Å². The van der Waals surface area contributed by atoms with Crippen molar-refractivity contribution in [1.82, 2.24) is 0 Å². The number of ether oxygens (including phenoxy) is 2. The van der Waals surface area contributed by atoms with Crippen molar-refractivity contribution in [2.75, 3.05) is 0 Å². The standard InChI is InChI=1S/C18H23NO4/c19-18(21)16-8-15(14-2-1-3-14)9-17(23-16)22-11-13-6-4-12(10-20)5-7-13/h4-8,14-15,17,20H,1-3,9-11H2,(H2,19,21)/t15-,17+/m1/s1. The number of carbonyl (C=O) groups is 1. The van der Waals surface area contributed by atoms with Crippen molar-refractivity contribution in [2.45, 2.75) is 45.2 Å². The van der Waals surface area contributed by atoms with Crippen molar-refractivity contribution in [2.24, 2.45) is 17.6 Å². The van der Waals surface area contributed by atoms with Gasteiger partial charge in [0, 0.05) is 6.42 Å². The number of allylic oxidation sites excluding steroid dienone is 1. The summed E-state index contributed by atoms with van der Waals surface area (Å²) in [6.07, 6.45) is 5.85. The molecule has 0 bridgehead atoms. The third kappa shape index (κ3) is 3.92. The molecule has 3 rings (SSSR count). The molecule has 0 unspecified atom stereocenters. The van der Waals surface area contributed by atoms with Gasteiger partial charge in [-0.25, -0.2) is 0 Å². The molecule has 1 aromatic carbocycles. The van der Waals surface area contributed by atoms with Gasteiger partial charge in [0.1, 0.15) is 0 Å². The molecule has 0 saturated heterocycles. The van der Waals surface area contributed by atoms with Crippen molar-refractivity contribution in [3.8, 4) is 0 Å². The zero-order valence-electron chi connectivity index (χ0n) is 13.1. The van der Waals surface area contributed by atoms with Crippen molar-refractivity contribution >= 4 is 5.91 Å². The molecule has 1 amide bonds. The molecule has 1 aliphatic carbocycles. The van der Waals surface area contributed by atoms with Gasteiger partial charge in [-0.15, -0.1) is 0 Å². The minimum atomic E-state index is -0.532. The van der Waals surface area contributed by atoms with Gasteiger partial charge in [-0.3, -0.25) is 4.79 Å². The summed E-state index contributed by atoms with van der Waals surface area (Å²) in [5.41, 5.74) is 7.25. The van der Waals surface area contributed by atoms with Crippen LogP contribution in [0.15, 0.2) is 36.1 Å². The maximum absolute atomic E-state index is 11.5. The van der Waals surface area contributed by atoms with Crippen LogP contribution in [0, 0.1) is 11.8 Å². The fraction of sp³-hybridized carbons (Fsp3) is 0.500. The summed E-state index contributed by atoms with van der Waals surface area (Å²) < 4.78 is 11.4. The van der Waals surface area contributed by atoms with E-state index in [0.29, 0.717) is 18.4 Å². The van der Waals surface area contributed by atoms with Crippen molar-refractivity contribution < 1.29 is 19.4 Å². The molecule has 1 saturated carbocycles. The molecule has 0 radical (unpaired) electrons. The van der Waals surface area contributed by atoms with Crippen LogP contribution in [0.2, 0.25) is 0 Å². The average Bonchev–Trinajstić information content (AvgIpc) is 2.51. The predicted molar refractivity (Wildman–Crippen MR) is 84.8 cm³/mol. The minimum absolute atomic E-state index is 0.0305. The molecule has 2 aliphatic rings. The molecule has 2 atom stereocenters. The number of hydrogen-bond donors (Lipinski definition) is 2. The second kappa shape index (κ2) is 7.15. The van der Waals surface area contributed by atoms with E-state index >= 15 is 0 Å². The van der Waals surface area contributed by atoms with Gasteiger partial charge in [0.2, 0.25) is 6.29 Å². The Kier molecular flexibility index (Phi) is 4.98. The predicted octanol–water partition coefficient (Wildman–Crippen LogP) is 2.23. The van der Waals surface area contributed by atoms with Gasteiger partial charge in [-0.2, -0.15) is 0 Å². The van der Waals surface area contributed by atoms with E-state index < -0.39 is 12.2 Å². The molecule has 5 heteroatoms. The number of nitrogens with two attached hydrogens (primary N) is 1. The Morgan fingerprint density at radius 3 is 2.52 bits per heavy atom. The summed E-state index contributed by atoms with van der Waals surface area (Å²) in [4.78, 5) is 11.5. The first-order chi connectivity index (χ1) is 11.2. The Morgan fingerprint density at radius 1 is 1.26 bits per heavy atom. The van der Waals surface area contributed by atoms with Crippen LogP contribution in [0.25, 0.3) is 0 Å². The molecular formula is C18H23NO4. The highest BCUT2D eigenvalue weighted by Crippen LogP contribution is 2.39. The number of aliphatic hydroxyl groups is 1. The van der Waals surface area contributed by atoms with E-state index in [4.69, 9.17) is 20.3 Å². The number of amides is 1. The first-order valence-electron chi connectivity index (χ1n) is 8.14. The van der Waals surface area contributed by atoms with Crippen molar-refractivity contribution in [1.29, 1.82) is 0 Å². The minimum Gasteiger partial charge on any atom is -0.459 e. The monoisotopic (exact) mass is 317 g/mol. The van der Waals surface area contributed by atoms with Gasteiger partial charge in [0.15, 0.2) is 5.76 Å². The highest BCUT2D eigenvalue weighted by atomic mass is 16.7. The van der Waals surface area contributed by atoms with E-state index in [1.165, 1.54) is 19.3 Å². The molecule has 0 spiro atoms. The quantitative estimate of drug-likeness (QED) is 0.843. The third-order valence-electron chi connectivity index (χ3n) is 4.73. The van der Waals surface area contributed by atoms with E-state index in [1.54, 1.807) is 0 Å². The lowest BCUT2D eigenvalue weighted by Crippen LogP contribution is -2.34. The van der Waals surface area contributed by atoms with Gasteiger partial charge in [0.05, 0.1) is 13.2 Å². The lowest BCUT2D eigenvalue weighted by Gasteiger charge is -2.37. The van der Waals surface area contributed by atoms with Gasteiger partial charge in [0.25, 0.3) is 5.91 Å². The highest BCUT2D eigenvalue weighted by molar-refractivity contribution is 5.90. The summed E-state index contributed by atoms with van der Waals surface area (Å²) in [6.45, 7) is 0.433. The number of hydrogen-bond acceptors (Lipinski definition) is 4. The number of primary amides is 1. The van der Waals surface area contributed by atoms with Gasteiger partial charge in [-0.05, 0) is 41.9 Å². The van der Waals surface area contributed by atoms with E-state index in [9.17, 15) is 4.79 Å². The van der Waals surface area contributed by atoms with Crippen molar-refractivity contribution in [3.63, 3.8) is 0 Å². The Morgan fingerprint density at radius 2 is 1.96 bits per heavy atom. The molecular weight excluding hydrogens is 294 g/mol. The molecule has 1 aliphatic heterocycles. The smallest absolute Gasteiger partial charge is 0.283 e. The maximum Gasteiger partial charge on any atom is 0.283 e. The average molecular weight is 317 g/mol. The van der Waals surface area contributed by atoms with Gasteiger partial charge < -0.3 is 20.3 Å². The second-order valence-corrected chi connectivity index (χ2v) is 6.32. The van der Waals surface area contributed by atoms with E-state index in [-0.39, 0.29) is 12.4 Å². The molecule has 124 valence electrons. The summed E-state index contributed by atoms with van der Waals surface area (Å²) in [5, 5.41) is 9.05. The summed E-state index contributed by atoms with van der Waals surface area (Å²) >= 11 is 0. The Bertz CT molecular complexity index is 577. The first-order valence-corrected chi connectivity index (χ1v) is 8.14. The third-order valence-corrected chi connectivity index (χ3v) is 4.73. The molecule has 1 aromatic rings. The molecule has 0 aromatic heterocycles. The van der Waals surface area contributed by atoms with Crippen LogP contribution in [-0.2, 0) is 27.5 Å². The number of benzene rings is 1. The lowest BCUT2D eigenvalue weighted by molar-refractivity contribution is -0.155. The van der Waals surface area contributed by atoms with Crippen LogP contribution in [-0.4, -0.2) is 17.3 Å². The molecule has 3 N–H and O–H groups in total. The van der Waals surface area contributed by atoms with Crippen LogP contribution < -0.4 is 5.73 Å². The van der Waals surface area contributed by atoms with Crippen LogP contribution in [0.1, 0.15) is 36.8 Å². The van der Waals surface area contributed by atoms with Gasteiger partial charge in [-0.1, -0.05) is 30.7 Å². The van der Waals surface area contributed by atoms with E-state index in [2.05, 4.69) is 0 Å². The Hall–Kier alpha value is -1.85. The fourth-order valence-corrected chi connectivity index (χ4v) is 3.08. The Labute approximate surface area is 136 Å². The molecule has 1 fully saturated rings. The lowest BCUT2D eigenvalue weighted by atomic mass is 9.73. The van der Waals surface area contributed by atoms with E-state index in [0.717, 1.165) is 17.5 Å². The van der Waals surface area contributed by atoms with Crippen LogP contribution in [0.4, 0.5) is 0 Å². The summed E-state index contributed by atoms with van der Waals surface area (Å²) in [5.74, 6) is 0.619. The van der Waals surface area contributed by atoms with E-state index in [1.807, 2.05) is 30.3 Å². The summed E-state index contributed by atoms with van der Waals surface area (Å²) in [7, 11) is 0. The number of aliphatic hydroxyl groups excluding tert-OH is 1. The normalized spacial score (nSPS) is 24.5. The molecule has 23 heavy (non-hydrogen) atoms.